The zero-order chi connectivity index (χ0) is 24.9. The fourth-order valence-corrected chi connectivity index (χ4v) is 10.5. The van der Waals surface area contributed by atoms with E-state index in [1.165, 1.54) is 32.1 Å². The SMILES string of the molecule is CC1(C)CCC2CCC3(C)C(C(=NO)CC4C5(C)C=C(C#N)C(=O)C(C)(C)C5CCC43C)C2C1. The van der Waals surface area contributed by atoms with Crippen LogP contribution in [0.25, 0.3) is 0 Å². The van der Waals surface area contributed by atoms with Crippen LogP contribution < -0.4 is 0 Å². The van der Waals surface area contributed by atoms with E-state index in [2.05, 4.69) is 59.7 Å². The van der Waals surface area contributed by atoms with Crippen LogP contribution >= 0.6 is 0 Å². The van der Waals surface area contributed by atoms with Crippen LogP contribution in [-0.4, -0.2) is 16.7 Å². The number of fused-ring (bicyclic) bond motifs is 7. The Labute approximate surface area is 206 Å². The van der Waals surface area contributed by atoms with Gasteiger partial charge in [0.25, 0.3) is 0 Å². The molecule has 186 valence electrons. The number of carbonyl (C=O) groups excluding carboxylic acids is 1. The number of hydrogen-bond acceptors (Lipinski definition) is 4. The summed E-state index contributed by atoms with van der Waals surface area (Å²) in [4.78, 5) is 13.2. The minimum Gasteiger partial charge on any atom is -0.411 e. The Balaban J connectivity index is 1.65. The lowest BCUT2D eigenvalue weighted by atomic mass is 9.33. The molecule has 8 unspecified atom stereocenters. The molecule has 0 aromatic rings. The molecule has 0 spiro atoms. The fraction of sp³-hybridized carbons (Fsp3) is 0.833. The normalized spacial score (nSPS) is 50.2. The number of carbonyl (C=O) groups is 1. The molecule has 5 rings (SSSR count). The molecule has 0 radical (unpaired) electrons. The van der Waals surface area contributed by atoms with Crippen molar-refractivity contribution in [1.29, 1.82) is 5.26 Å². The van der Waals surface area contributed by atoms with Crippen LogP contribution in [0.3, 0.4) is 0 Å². The molecule has 0 aliphatic heterocycles. The number of Topliss-reactive ketones (excluding diaryl/α,β-unsaturated/α-hetero) is 1. The van der Waals surface area contributed by atoms with Gasteiger partial charge < -0.3 is 5.21 Å². The maximum absolute atomic E-state index is 13.2. The first kappa shape index (κ1) is 24.1. The second-order valence-electron chi connectivity index (χ2n) is 14.7. The summed E-state index contributed by atoms with van der Waals surface area (Å²) in [7, 11) is 0. The Morgan fingerprint density at radius 3 is 2.26 bits per heavy atom. The number of nitrogens with zero attached hydrogens (tertiary/aromatic N) is 2. The lowest BCUT2D eigenvalue weighted by Gasteiger charge is -2.71. The zero-order valence-electron chi connectivity index (χ0n) is 22.4. The second kappa shape index (κ2) is 7.21. The Hall–Kier alpha value is -1.63. The third-order valence-electron chi connectivity index (χ3n) is 12.4. The van der Waals surface area contributed by atoms with Crippen molar-refractivity contribution in [3.05, 3.63) is 11.6 Å². The predicted molar refractivity (Wildman–Crippen MR) is 134 cm³/mol. The van der Waals surface area contributed by atoms with E-state index in [0.29, 0.717) is 22.8 Å². The second-order valence-corrected chi connectivity index (χ2v) is 14.7. The molecule has 0 bridgehead atoms. The molecule has 4 saturated carbocycles. The highest BCUT2D eigenvalue weighted by molar-refractivity contribution is 6.04. The van der Waals surface area contributed by atoms with E-state index in [1.54, 1.807) is 0 Å². The molecular formula is C30H44N2O2. The van der Waals surface area contributed by atoms with Gasteiger partial charge in [0.15, 0.2) is 5.78 Å². The van der Waals surface area contributed by atoms with Crippen LogP contribution in [0.1, 0.15) is 99.8 Å². The Bertz CT molecular complexity index is 1020. The van der Waals surface area contributed by atoms with Crippen molar-refractivity contribution in [2.45, 2.75) is 99.8 Å². The number of oxime groups is 1. The summed E-state index contributed by atoms with van der Waals surface area (Å²) in [6.07, 6.45) is 11.2. The fourth-order valence-electron chi connectivity index (χ4n) is 10.5. The van der Waals surface area contributed by atoms with E-state index >= 15 is 0 Å². The molecule has 0 saturated heterocycles. The average molecular weight is 465 g/mol. The van der Waals surface area contributed by atoms with Gasteiger partial charge in [-0.05, 0) is 96.7 Å². The molecule has 0 amide bonds. The molecule has 0 aromatic carbocycles. The molecular weight excluding hydrogens is 420 g/mol. The molecule has 4 nitrogen and oxygen atoms in total. The van der Waals surface area contributed by atoms with Crippen molar-refractivity contribution in [2.75, 3.05) is 0 Å². The van der Waals surface area contributed by atoms with E-state index < -0.39 is 5.41 Å². The van der Waals surface area contributed by atoms with Gasteiger partial charge in [-0.25, -0.2) is 0 Å². The quantitative estimate of drug-likeness (QED) is 0.305. The monoisotopic (exact) mass is 464 g/mol. The van der Waals surface area contributed by atoms with E-state index in [1.807, 2.05) is 6.08 Å². The van der Waals surface area contributed by atoms with Gasteiger partial charge in [-0.2, -0.15) is 5.26 Å². The van der Waals surface area contributed by atoms with Crippen LogP contribution in [-0.2, 0) is 4.79 Å². The number of ketones is 1. The van der Waals surface area contributed by atoms with Crippen molar-refractivity contribution >= 4 is 11.5 Å². The van der Waals surface area contributed by atoms with Crippen molar-refractivity contribution < 1.29 is 10.0 Å². The van der Waals surface area contributed by atoms with Gasteiger partial charge in [-0.3, -0.25) is 4.79 Å². The van der Waals surface area contributed by atoms with Gasteiger partial charge >= 0.3 is 0 Å². The highest BCUT2D eigenvalue weighted by Crippen LogP contribution is 2.74. The lowest BCUT2D eigenvalue weighted by Crippen LogP contribution is -2.67. The van der Waals surface area contributed by atoms with Gasteiger partial charge in [-0.1, -0.05) is 59.7 Å². The minimum atomic E-state index is -0.546. The first-order valence-electron chi connectivity index (χ1n) is 13.6. The summed E-state index contributed by atoms with van der Waals surface area (Å²) in [6.45, 7) is 16.3. The maximum atomic E-state index is 13.2. The predicted octanol–water partition coefficient (Wildman–Crippen LogP) is 7.18. The largest absolute Gasteiger partial charge is 0.411 e. The van der Waals surface area contributed by atoms with Crippen LogP contribution in [0.5, 0.6) is 0 Å². The van der Waals surface area contributed by atoms with Crippen molar-refractivity contribution in [3.63, 3.8) is 0 Å². The topological polar surface area (TPSA) is 73.5 Å². The molecule has 5 aliphatic carbocycles. The number of hydrogen-bond donors (Lipinski definition) is 1. The molecule has 4 heteroatoms. The molecule has 1 N–H and O–H groups in total. The maximum Gasteiger partial charge on any atom is 0.178 e. The molecule has 0 aromatic heterocycles. The average Bonchev–Trinajstić information content (AvgIpc) is 2.76. The molecule has 4 fully saturated rings. The Morgan fingerprint density at radius 1 is 0.971 bits per heavy atom. The molecule has 34 heavy (non-hydrogen) atoms. The third-order valence-corrected chi connectivity index (χ3v) is 12.4. The first-order valence-corrected chi connectivity index (χ1v) is 13.6. The summed E-state index contributed by atoms with van der Waals surface area (Å²) >= 11 is 0. The van der Waals surface area contributed by atoms with E-state index in [4.69, 9.17) is 0 Å². The summed E-state index contributed by atoms with van der Waals surface area (Å²) in [6, 6.07) is 2.24. The standard InChI is InChI=1S/C30H44N2O2/c1-26(2)11-8-18-9-12-30(7)24(20(18)16-26)21(32-34)14-23-28(5)15-19(17-31)25(33)27(3,4)22(28)10-13-29(23,30)6/h15,18,20,22-24,34H,8-14,16H2,1-7H3. The minimum absolute atomic E-state index is 0.00182. The number of rotatable bonds is 0. The van der Waals surface area contributed by atoms with Crippen molar-refractivity contribution in [3.8, 4) is 6.07 Å². The summed E-state index contributed by atoms with van der Waals surface area (Å²) in [5.41, 5.74) is 1.02. The van der Waals surface area contributed by atoms with Crippen molar-refractivity contribution in [1.82, 2.24) is 0 Å². The van der Waals surface area contributed by atoms with Gasteiger partial charge in [-0.15, -0.1) is 0 Å². The van der Waals surface area contributed by atoms with Gasteiger partial charge in [0.05, 0.1) is 11.3 Å². The molecule has 5 aliphatic rings. The number of nitriles is 1. The Morgan fingerprint density at radius 2 is 1.62 bits per heavy atom. The summed E-state index contributed by atoms with van der Waals surface area (Å²) in [5, 5.41) is 24.4. The molecule has 8 atom stereocenters. The summed E-state index contributed by atoms with van der Waals surface area (Å²) in [5.74, 6) is 2.12. The Kier molecular flexibility index (Phi) is 5.10. The number of allylic oxidation sites excluding steroid dienone is 2. The zero-order valence-corrected chi connectivity index (χ0v) is 22.4. The summed E-state index contributed by atoms with van der Waals surface area (Å²) < 4.78 is 0. The van der Waals surface area contributed by atoms with Crippen LogP contribution in [0, 0.1) is 68.0 Å². The van der Waals surface area contributed by atoms with Gasteiger partial charge in [0.1, 0.15) is 6.07 Å². The van der Waals surface area contributed by atoms with E-state index in [-0.39, 0.29) is 33.9 Å². The highest BCUT2D eigenvalue weighted by atomic mass is 16.4. The van der Waals surface area contributed by atoms with Gasteiger partial charge in [0, 0.05) is 11.3 Å². The third kappa shape index (κ3) is 2.88. The van der Waals surface area contributed by atoms with Gasteiger partial charge in [0.2, 0.25) is 0 Å². The first-order chi connectivity index (χ1) is 15.7. The smallest absolute Gasteiger partial charge is 0.178 e. The van der Waals surface area contributed by atoms with Crippen LogP contribution in [0.4, 0.5) is 0 Å². The molecule has 0 heterocycles. The van der Waals surface area contributed by atoms with E-state index in [9.17, 15) is 15.3 Å². The van der Waals surface area contributed by atoms with E-state index in [0.717, 1.165) is 30.9 Å². The van der Waals surface area contributed by atoms with Crippen molar-refractivity contribution in [2.24, 2.45) is 61.8 Å². The lowest BCUT2D eigenvalue weighted by molar-refractivity contribution is -0.184. The highest BCUT2D eigenvalue weighted by Gasteiger charge is 2.70. The van der Waals surface area contributed by atoms with Crippen LogP contribution in [0.15, 0.2) is 16.8 Å². The van der Waals surface area contributed by atoms with Crippen LogP contribution in [0.2, 0.25) is 0 Å².